The molecule has 2 heteroatoms. The van der Waals surface area contributed by atoms with Crippen molar-refractivity contribution in [2.24, 2.45) is 23.7 Å². The molecule has 4 aliphatic rings. The second-order valence-electron chi connectivity index (χ2n) is 8.05. The van der Waals surface area contributed by atoms with Gasteiger partial charge in [-0.3, -0.25) is 0 Å². The van der Waals surface area contributed by atoms with Crippen LogP contribution >= 0.6 is 23.2 Å². The Morgan fingerprint density at radius 3 is 1.69 bits per heavy atom. The van der Waals surface area contributed by atoms with E-state index < -0.39 is 0 Å². The largest absolute Gasteiger partial charge is 0.0843 e. The highest BCUT2D eigenvalue weighted by Gasteiger charge is 2.54. The van der Waals surface area contributed by atoms with E-state index in [0.717, 1.165) is 16.0 Å². The smallest absolute Gasteiger partial charge is 0.0406 e. The molecule has 4 aliphatic carbocycles. The Balaban J connectivity index is 1.59. The standard InChI is InChI=1S/C24H22Cl2/c1-13-19-11-12-20(21(13)15-3-7-17(25)8-4-15)24-22(14(2)23(19)24)16-5-9-18(26)10-6-16/h3-10,19-20,23-24H,11-12H2,1-2H3. The summed E-state index contributed by atoms with van der Waals surface area (Å²) >= 11 is 12.2. The molecule has 0 N–H and O–H groups in total. The monoisotopic (exact) mass is 380 g/mol. The van der Waals surface area contributed by atoms with E-state index in [1.165, 1.54) is 24.0 Å². The van der Waals surface area contributed by atoms with E-state index in [4.69, 9.17) is 23.2 Å². The molecule has 1 fully saturated rings. The van der Waals surface area contributed by atoms with Gasteiger partial charge in [0.25, 0.3) is 0 Å². The molecule has 4 unspecified atom stereocenters. The van der Waals surface area contributed by atoms with Crippen LogP contribution in [0.2, 0.25) is 10.0 Å². The van der Waals surface area contributed by atoms with Gasteiger partial charge in [-0.25, -0.2) is 0 Å². The first-order chi connectivity index (χ1) is 12.6. The fourth-order valence-corrected chi connectivity index (χ4v) is 6.19. The van der Waals surface area contributed by atoms with Gasteiger partial charge in [-0.1, -0.05) is 58.6 Å². The molecule has 0 spiro atoms. The van der Waals surface area contributed by atoms with Gasteiger partial charge in [-0.2, -0.15) is 0 Å². The van der Waals surface area contributed by atoms with Crippen LogP contribution in [0.1, 0.15) is 37.8 Å². The van der Waals surface area contributed by atoms with Gasteiger partial charge in [0, 0.05) is 10.0 Å². The number of halogens is 2. The highest BCUT2D eigenvalue weighted by Crippen LogP contribution is 2.66. The number of hydrogen-bond donors (Lipinski definition) is 0. The van der Waals surface area contributed by atoms with Crippen molar-refractivity contribution >= 4 is 34.3 Å². The third-order valence-corrected chi connectivity index (χ3v) is 7.47. The molecule has 0 aliphatic heterocycles. The van der Waals surface area contributed by atoms with Crippen LogP contribution in [0.15, 0.2) is 59.7 Å². The summed E-state index contributed by atoms with van der Waals surface area (Å²) in [6.45, 7) is 4.71. The van der Waals surface area contributed by atoms with Crippen molar-refractivity contribution in [2.45, 2.75) is 26.7 Å². The highest BCUT2D eigenvalue weighted by molar-refractivity contribution is 6.30. The molecule has 6 rings (SSSR count). The van der Waals surface area contributed by atoms with E-state index >= 15 is 0 Å². The van der Waals surface area contributed by atoms with Crippen molar-refractivity contribution < 1.29 is 0 Å². The van der Waals surface area contributed by atoms with Crippen LogP contribution in [0, 0.1) is 23.7 Å². The molecule has 0 radical (unpaired) electrons. The van der Waals surface area contributed by atoms with Gasteiger partial charge in [-0.15, -0.1) is 0 Å². The summed E-state index contributed by atoms with van der Waals surface area (Å²) in [4.78, 5) is 0. The van der Waals surface area contributed by atoms with Gasteiger partial charge in [0.15, 0.2) is 0 Å². The van der Waals surface area contributed by atoms with Crippen molar-refractivity contribution in [2.75, 3.05) is 0 Å². The van der Waals surface area contributed by atoms with Gasteiger partial charge in [0.2, 0.25) is 0 Å². The summed E-state index contributed by atoms with van der Waals surface area (Å²) in [5.74, 6) is 2.71. The Morgan fingerprint density at radius 2 is 1.12 bits per heavy atom. The first-order valence-electron chi connectivity index (χ1n) is 9.49. The van der Waals surface area contributed by atoms with Crippen molar-refractivity contribution in [3.05, 3.63) is 80.8 Å². The summed E-state index contributed by atoms with van der Waals surface area (Å²) in [7, 11) is 0. The fraction of sp³-hybridized carbons (Fsp3) is 0.333. The minimum absolute atomic E-state index is 0.626. The zero-order chi connectivity index (χ0) is 18.0. The normalized spacial score (nSPS) is 29.7. The Bertz CT molecular complexity index is 931. The zero-order valence-electron chi connectivity index (χ0n) is 15.1. The summed E-state index contributed by atoms with van der Waals surface area (Å²) in [6.07, 6.45) is 2.63. The third kappa shape index (κ3) is 2.28. The molecule has 2 aromatic rings. The lowest BCUT2D eigenvalue weighted by atomic mass is 9.46. The molecule has 26 heavy (non-hydrogen) atoms. The molecular formula is C24H22Cl2. The third-order valence-electron chi connectivity index (χ3n) is 6.96. The van der Waals surface area contributed by atoms with Crippen molar-refractivity contribution in [3.8, 4) is 0 Å². The summed E-state index contributed by atoms with van der Waals surface area (Å²) in [6, 6.07) is 16.9. The predicted octanol–water partition coefficient (Wildman–Crippen LogP) is 7.53. The van der Waals surface area contributed by atoms with Crippen molar-refractivity contribution in [3.63, 3.8) is 0 Å². The Hall–Kier alpha value is -1.50. The molecule has 0 nitrogen and oxygen atoms in total. The van der Waals surface area contributed by atoms with Crippen LogP contribution < -0.4 is 0 Å². The maximum atomic E-state index is 6.13. The Labute approximate surface area is 165 Å². The second kappa shape index (κ2) is 6.01. The molecule has 0 amide bonds. The van der Waals surface area contributed by atoms with E-state index in [2.05, 4.69) is 38.1 Å². The van der Waals surface area contributed by atoms with Crippen LogP contribution in [0.25, 0.3) is 11.1 Å². The lowest BCUT2D eigenvalue weighted by Gasteiger charge is -2.58. The number of hydrogen-bond acceptors (Lipinski definition) is 0. The van der Waals surface area contributed by atoms with Crippen LogP contribution in [0.4, 0.5) is 0 Å². The Kier molecular flexibility index (Phi) is 3.85. The van der Waals surface area contributed by atoms with Crippen LogP contribution in [-0.2, 0) is 0 Å². The maximum Gasteiger partial charge on any atom is 0.0406 e. The van der Waals surface area contributed by atoms with Gasteiger partial charge in [0.05, 0.1) is 0 Å². The molecule has 1 saturated carbocycles. The SMILES string of the molecule is CC1=C(c2ccc(Cl)cc2)C2CCC1C1C(C)=C(c3ccc(Cl)cc3)C21. The predicted molar refractivity (Wildman–Crippen MR) is 111 cm³/mol. The molecule has 0 aromatic heterocycles. The van der Waals surface area contributed by atoms with Gasteiger partial charge in [0.1, 0.15) is 0 Å². The lowest BCUT2D eigenvalue weighted by molar-refractivity contribution is 0.167. The number of fused-ring (bicyclic) bond motifs is 1. The second-order valence-corrected chi connectivity index (χ2v) is 8.92. The molecule has 2 aromatic carbocycles. The first kappa shape index (κ1) is 16.7. The highest BCUT2D eigenvalue weighted by atomic mass is 35.5. The summed E-state index contributed by atoms with van der Waals surface area (Å²) in [5.41, 5.74) is 9.08. The average molecular weight is 381 g/mol. The van der Waals surface area contributed by atoms with E-state index in [0.29, 0.717) is 17.8 Å². The number of allylic oxidation sites excluding steroid dienone is 4. The molecule has 0 saturated heterocycles. The van der Waals surface area contributed by atoms with Gasteiger partial charge >= 0.3 is 0 Å². The van der Waals surface area contributed by atoms with Crippen LogP contribution in [0.5, 0.6) is 0 Å². The summed E-state index contributed by atoms with van der Waals surface area (Å²) < 4.78 is 0. The van der Waals surface area contributed by atoms with E-state index in [1.807, 2.05) is 24.3 Å². The van der Waals surface area contributed by atoms with Crippen LogP contribution in [-0.4, -0.2) is 0 Å². The van der Waals surface area contributed by atoms with Crippen molar-refractivity contribution in [1.29, 1.82) is 0 Å². The van der Waals surface area contributed by atoms with Crippen molar-refractivity contribution in [1.82, 2.24) is 0 Å². The topological polar surface area (TPSA) is 0 Å². The van der Waals surface area contributed by atoms with E-state index in [9.17, 15) is 0 Å². The number of benzene rings is 2. The molecule has 0 heterocycles. The maximum absolute atomic E-state index is 6.13. The van der Waals surface area contributed by atoms with Gasteiger partial charge < -0.3 is 0 Å². The van der Waals surface area contributed by atoms with E-state index in [-0.39, 0.29) is 0 Å². The lowest BCUT2D eigenvalue weighted by Crippen LogP contribution is -2.47. The zero-order valence-corrected chi connectivity index (χ0v) is 16.6. The molecule has 132 valence electrons. The van der Waals surface area contributed by atoms with Gasteiger partial charge in [-0.05, 0) is 96.9 Å². The molecule has 2 bridgehead atoms. The van der Waals surface area contributed by atoms with Crippen LogP contribution in [0.3, 0.4) is 0 Å². The minimum atomic E-state index is 0.626. The average Bonchev–Trinajstić information content (AvgIpc) is 2.64. The molecule has 4 atom stereocenters. The van der Waals surface area contributed by atoms with E-state index in [1.54, 1.807) is 22.3 Å². The quantitative estimate of drug-likeness (QED) is 0.504. The first-order valence-corrected chi connectivity index (χ1v) is 10.2. The summed E-state index contributed by atoms with van der Waals surface area (Å²) in [5, 5.41) is 1.62. The Morgan fingerprint density at radius 1 is 0.615 bits per heavy atom. The number of rotatable bonds is 2. The fourth-order valence-electron chi connectivity index (χ4n) is 5.94. The molecular weight excluding hydrogens is 359 g/mol. The minimum Gasteiger partial charge on any atom is -0.0843 e.